The molecule has 3 heteroatoms. The molecule has 1 aliphatic heterocycles. The highest BCUT2D eigenvalue weighted by Gasteiger charge is 2.29. The Morgan fingerprint density at radius 1 is 1.36 bits per heavy atom. The lowest BCUT2D eigenvalue weighted by Gasteiger charge is -2.11. The summed E-state index contributed by atoms with van der Waals surface area (Å²) in [6.45, 7) is 1.91. The molecule has 1 fully saturated rings. The summed E-state index contributed by atoms with van der Waals surface area (Å²) in [6.07, 6.45) is 0.481. The molecule has 0 radical (unpaired) electrons. The molecule has 1 aromatic carbocycles. The Bertz CT molecular complexity index is 323. The lowest BCUT2D eigenvalue weighted by atomic mass is 10.0. The van der Waals surface area contributed by atoms with E-state index in [2.05, 4.69) is 17.4 Å². The molecule has 2 atom stereocenters. The van der Waals surface area contributed by atoms with Gasteiger partial charge in [-0.1, -0.05) is 30.3 Å². The molecule has 3 nitrogen and oxygen atoms in total. The molecule has 74 valence electrons. The largest absolute Gasteiger partial charge is 0.444 e. The van der Waals surface area contributed by atoms with Crippen LogP contribution in [0.1, 0.15) is 12.5 Å². The second-order valence-corrected chi connectivity index (χ2v) is 3.55. The molecule has 0 aliphatic carbocycles. The molecule has 0 aromatic heterocycles. The van der Waals surface area contributed by atoms with Crippen LogP contribution < -0.4 is 5.32 Å². The van der Waals surface area contributed by atoms with Gasteiger partial charge in [0.05, 0.1) is 6.04 Å². The standard InChI is InChI=1S/C11H13NO2/c1-8-10(12-11(13)14-8)7-9-5-3-2-4-6-9/h2-6,8,10H,7H2,1H3,(H,12,13)/t8-,10+/m0/s1. The molecule has 0 spiro atoms. The van der Waals surface area contributed by atoms with Crippen molar-refractivity contribution < 1.29 is 9.53 Å². The maximum atomic E-state index is 10.9. The summed E-state index contributed by atoms with van der Waals surface area (Å²) >= 11 is 0. The molecule has 1 heterocycles. The van der Waals surface area contributed by atoms with E-state index in [0.717, 1.165) is 6.42 Å². The molecule has 1 N–H and O–H groups in total. The van der Waals surface area contributed by atoms with Gasteiger partial charge in [-0.25, -0.2) is 4.79 Å². The van der Waals surface area contributed by atoms with Gasteiger partial charge in [-0.3, -0.25) is 0 Å². The summed E-state index contributed by atoms with van der Waals surface area (Å²) < 4.78 is 5.00. The van der Waals surface area contributed by atoms with Crippen molar-refractivity contribution in [1.29, 1.82) is 0 Å². The van der Waals surface area contributed by atoms with Crippen molar-refractivity contribution in [3.63, 3.8) is 0 Å². The minimum Gasteiger partial charge on any atom is -0.444 e. The smallest absolute Gasteiger partial charge is 0.407 e. The molecule has 0 saturated carbocycles. The van der Waals surface area contributed by atoms with E-state index in [1.807, 2.05) is 25.1 Å². The van der Waals surface area contributed by atoms with Gasteiger partial charge in [-0.2, -0.15) is 0 Å². The average molecular weight is 191 g/mol. The zero-order chi connectivity index (χ0) is 9.97. The monoisotopic (exact) mass is 191 g/mol. The van der Waals surface area contributed by atoms with Crippen LogP contribution in [-0.4, -0.2) is 18.2 Å². The number of alkyl carbamates (subject to hydrolysis) is 1. The number of carbonyl (C=O) groups excluding carboxylic acids is 1. The minimum atomic E-state index is -0.307. The van der Waals surface area contributed by atoms with Gasteiger partial charge in [0.2, 0.25) is 0 Å². The normalized spacial score (nSPS) is 25.6. The number of amides is 1. The van der Waals surface area contributed by atoms with E-state index in [9.17, 15) is 4.79 Å². The Kier molecular flexibility index (Phi) is 2.39. The van der Waals surface area contributed by atoms with E-state index in [-0.39, 0.29) is 18.2 Å². The molecule has 0 unspecified atom stereocenters. The van der Waals surface area contributed by atoms with Crippen LogP contribution in [0.5, 0.6) is 0 Å². The Morgan fingerprint density at radius 3 is 2.64 bits per heavy atom. The fourth-order valence-corrected chi connectivity index (χ4v) is 1.64. The third-order valence-corrected chi connectivity index (χ3v) is 2.46. The highest BCUT2D eigenvalue weighted by Crippen LogP contribution is 2.13. The Morgan fingerprint density at radius 2 is 2.07 bits per heavy atom. The lowest BCUT2D eigenvalue weighted by molar-refractivity contribution is 0.141. The number of nitrogens with one attached hydrogen (secondary N) is 1. The second-order valence-electron chi connectivity index (χ2n) is 3.55. The van der Waals surface area contributed by atoms with Gasteiger partial charge in [-0.15, -0.1) is 0 Å². The van der Waals surface area contributed by atoms with Crippen molar-refractivity contribution in [2.45, 2.75) is 25.5 Å². The van der Waals surface area contributed by atoms with Gasteiger partial charge in [0, 0.05) is 0 Å². The van der Waals surface area contributed by atoms with E-state index in [1.165, 1.54) is 5.56 Å². The molecular weight excluding hydrogens is 178 g/mol. The number of hydrogen-bond acceptors (Lipinski definition) is 2. The van der Waals surface area contributed by atoms with E-state index in [1.54, 1.807) is 0 Å². The fraction of sp³-hybridized carbons (Fsp3) is 0.364. The predicted octanol–water partition coefficient (Wildman–Crippen LogP) is 1.73. The molecular formula is C11H13NO2. The van der Waals surface area contributed by atoms with Crippen LogP contribution in [0.3, 0.4) is 0 Å². The van der Waals surface area contributed by atoms with E-state index in [0.29, 0.717) is 0 Å². The van der Waals surface area contributed by atoms with Gasteiger partial charge < -0.3 is 10.1 Å². The van der Waals surface area contributed by atoms with Gasteiger partial charge in [0.25, 0.3) is 0 Å². The Balaban J connectivity index is 2.02. The summed E-state index contributed by atoms with van der Waals surface area (Å²) in [5, 5.41) is 2.79. The van der Waals surface area contributed by atoms with Crippen LogP contribution in [-0.2, 0) is 11.2 Å². The van der Waals surface area contributed by atoms with Gasteiger partial charge in [0.15, 0.2) is 0 Å². The maximum absolute atomic E-state index is 10.9. The van der Waals surface area contributed by atoms with E-state index in [4.69, 9.17) is 4.74 Å². The predicted molar refractivity (Wildman–Crippen MR) is 53.0 cm³/mol. The fourth-order valence-electron chi connectivity index (χ4n) is 1.64. The van der Waals surface area contributed by atoms with Crippen LogP contribution in [0.15, 0.2) is 30.3 Å². The van der Waals surface area contributed by atoms with Crippen LogP contribution in [0.4, 0.5) is 4.79 Å². The average Bonchev–Trinajstić information content (AvgIpc) is 2.47. The van der Waals surface area contributed by atoms with Crippen molar-refractivity contribution in [2.24, 2.45) is 0 Å². The third-order valence-electron chi connectivity index (χ3n) is 2.46. The summed E-state index contributed by atoms with van der Waals surface area (Å²) in [5.41, 5.74) is 1.22. The number of hydrogen-bond donors (Lipinski definition) is 1. The lowest BCUT2D eigenvalue weighted by Crippen LogP contribution is -2.32. The zero-order valence-electron chi connectivity index (χ0n) is 8.07. The summed E-state index contributed by atoms with van der Waals surface area (Å²) in [7, 11) is 0. The molecule has 2 rings (SSSR count). The summed E-state index contributed by atoms with van der Waals surface area (Å²) in [4.78, 5) is 10.9. The number of benzene rings is 1. The molecule has 14 heavy (non-hydrogen) atoms. The first-order valence-corrected chi connectivity index (χ1v) is 4.77. The highest BCUT2D eigenvalue weighted by molar-refractivity contribution is 5.70. The SMILES string of the molecule is C[C@@H]1OC(=O)N[C@@H]1Cc1ccccc1. The van der Waals surface area contributed by atoms with E-state index >= 15 is 0 Å². The number of ether oxygens (including phenoxy) is 1. The van der Waals surface area contributed by atoms with E-state index < -0.39 is 0 Å². The molecule has 1 saturated heterocycles. The van der Waals surface area contributed by atoms with Crippen molar-refractivity contribution in [3.8, 4) is 0 Å². The van der Waals surface area contributed by atoms with Gasteiger partial charge in [0.1, 0.15) is 6.10 Å². The zero-order valence-corrected chi connectivity index (χ0v) is 8.07. The van der Waals surface area contributed by atoms with Gasteiger partial charge in [-0.05, 0) is 18.9 Å². The maximum Gasteiger partial charge on any atom is 0.407 e. The van der Waals surface area contributed by atoms with Crippen molar-refractivity contribution in [1.82, 2.24) is 5.32 Å². The topological polar surface area (TPSA) is 38.3 Å². The summed E-state index contributed by atoms with van der Waals surface area (Å²) in [6, 6.07) is 10.2. The first-order valence-electron chi connectivity index (χ1n) is 4.77. The molecule has 1 amide bonds. The number of carbonyl (C=O) groups is 1. The van der Waals surface area contributed by atoms with Crippen molar-refractivity contribution in [3.05, 3.63) is 35.9 Å². The molecule has 1 aliphatic rings. The molecule has 0 bridgehead atoms. The first-order chi connectivity index (χ1) is 6.75. The van der Waals surface area contributed by atoms with Crippen molar-refractivity contribution >= 4 is 6.09 Å². The van der Waals surface area contributed by atoms with Crippen LogP contribution in [0.2, 0.25) is 0 Å². The second kappa shape index (κ2) is 3.70. The van der Waals surface area contributed by atoms with Crippen LogP contribution in [0, 0.1) is 0 Å². The van der Waals surface area contributed by atoms with Crippen LogP contribution in [0.25, 0.3) is 0 Å². The number of cyclic esters (lactones) is 1. The Hall–Kier alpha value is -1.51. The highest BCUT2D eigenvalue weighted by atomic mass is 16.6. The third kappa shape index (κ3) is 1.87. The Labute approximate surface area is 83.1 Å². The minimum absolute atomic E-state index is 0.0392. The van der Waals surface area contributed by atoms with Crippen LogP contribution >= 0.6 is 0 Å². The van der Waals surface area contributed by atoms with Crippen molar-refractivity contribution in [2.75, 3.05) is 0 Å². The summed E-state index contributed by atoms with van der Waals surface area (Å²) in [5.74, 6) is 0. The van der Waals surface area contributed by atoms with Gasteiger partial charge >= 0.3 is 6.09 Å². The number of rotatable bonds is 2. The molecule has 1 aromatic rings. The quantitative estimate of drug-likeness (QED) is 0.773. The first kappa shape index (κ1) is 9.06.